The highest BCUT2D eigenvalue weighted by molar-refractivity contribution is 5.71. The fourth-order valence-corrected chi connectivity index (χ4v) is 5.21. The number of hydrogen-bond acceptors (Lipinski definition) is 6. The van der Waals surface area contributed by atoms with E-state index in [4.69, 9.17) is 14.2 Å². The molecule has 0 N–H and O–H groups in total. The normalized spacial score (nSPS) is 11.9. The number of unbranched alkanes of at least 4 members (excludes halogenated alkanes) is 19. The molecule has 0 amide bonds. The smallest absolute Gasteiger partial charge is 0.306 e. The van der Waals surface area contributed by atoms with Crippen LogP contribution in [-0.4, -0.2) is 37.2 Å². The SMILES string of the molecule is CCCCCCCCCCCCCC(=O)OC[C@H](COC(=O)CCCCCCC)OC(=O)CCCCCCCCC(C)C. The van der Waals surface area contributed by atoms with Gasteiger partial charge in [-0.25, -0.2) is 0 Å². The Labute approximate surface area is 266 Å². The van der Waals surface area contributed by atoms with Crippen molar-refractivity contribution in [3.63, 3.8) is 0 Å². The average molecular weight is 611 g/mol. The second kappa shape index (κ2) is 31.8. The minimum absolute atomic E-state index is 0.0672. The summed E-state index contributed by atoms with van der Waals surface area (Å²) in [5, 5.41) is 0. The summed E-state index contributed by atoms with van der Waals surface area (Å²) >= 11 is 0. The highest BCUT2D eigenvalue weighted by Gasteiger charge is 2.19. The molecule has 6 nitrogen and oxygen atoms in total. The van der Waals surface area contributed by atoms with Crippen LogP contribution in [0.2, 0.25) is 0 Å². The molecule has 0 bridgehead atoms. The maximum absolute atomic E-state index is 12.5. The molecule has 0 aliphatic carbocycles. The molecule has 0 aromatic carbocycles. The molecule has 0 aliphatic heterocycles. The van der Waals surface area contributed by atoms with Crippen molar-refractivity contribution in [3.05, 3.63) is 0 Å². The van der Waals surface area contributed by atoms with Gasteiger partial charge in [-0.15, -0.1) is 0 Å². The Morgan fingerprint density at radius 3 is 1.14 bits per heavy atom. The van der Waals surface area contributed by atoms with Gasteiger partial charge >= 0.3 is 17.9 Å². The standard InChI is InChI=1S/C37H70O6/c1-5-7-9-11-12-13-14-15-16-21-25-29-36(39)42-32-34(31-41-35(38)28-24-19-10-8-6-2)43-37(40)30-26-22-18-17-20-23-27-33(3)4/h33-34H,5-32H2,1-4H3/t34-/m0/s1. The first kappa shape index (κ1) is 41.4. The lowest BCUT2D eigenvalue weighted by atomic mass is 10.0. The van der Waals surface area contributed by atoms with Crippen LogP contribution in [0.3, 0.4) is 0 Å². The van der Waals surface area contributed by atoms with Crippen LogP contribution in [-0.2, 0) is 28.6 Å². The quantitative estimate of drug-likeness (QED) is 0.0428. The number of carbonyl (C=O) groups is 3. The fraction of sp³-hybridized carbons (Fsp3) is 0.919. The molecule has 1 atom stereocenters. The molecule has 0 unspecified atom stereocenters. The summed E-state index contributed by atoms with van der Waals surface area (Å²) in [6.07, 6.45) is 27.0. The lowest BCUT2D eigenvalue weighted by Gasteiger charge is -2.18. The van der Waals surface area contributed by atoms with Crippen LogP contribution in [0, 0.1) is 5.92 Å². The predicted molar refractivity (Wildman–Crippen MR) is 178 cm³/mol. The van der Waals surface area contributed by atoms with E-state index in [-0.39, 0.29) is 31.1 Å². The van der Waals surface area contributed by atoms with Gasteiger partial charge in [-0.3, -0.25) is 14.4 Å². The summed E-state index contributed by atoms with van der Waals surface area (Å²) in [6.45, 7) is 8.79. The molecule has 0 aromatic heterocycles. The van der Waals surface area contributed by atoms with Crippen molar-refractivity contribution in [2.24, 2.45) is 5.92 Å². The largest absolute Gasteiger partial charge is 0.462 e. The maximum Gasteiger partial charge on any atom is 0.306 e. The van der Waals surface area contributed by atoms with Crippen molar-refractivity contribution in [1.82, 2.24) is 0 Å². The molecule has 43 heavy (non-hydrogen) atoms. The Morgan fingerprint density at radius 2 is 0.767 bits per heavy atom. The van der Waals surface area contributed by atoms with Crippen molar-refractivity contribution < 1.29 is 28.6 Å². The predicted octanol–water partition coefficient (Wildman–Crippen LogP) is 10.8. The molecule has 0 spiro atoms. The van der Waals surface area contributed by atoms with Crippen molar-refractivity contribution in [3.8, 4) is 0 Å². The Bertz CT molecular complexity index is 647. The summed E-state index contributed by atoms with van der Waals surface area (Å²) in [4.78, 5) is 37.1. The Morgan fingerprint density at radius 1 is 0.442 bits per heavy atom. The van der Waals surface area contributed by atoms with Gasteiger partial charge in [0.25, 0.3) is 0 Å². The van der Waals surface area contributed by atoms with E-state index >= 15 is 0 Å². The zero-order valence-corrected chi connectivity index (χ0v) is 28.9. The second-order valence-corrected chi connectivity index (χ2v) is 13.0. The van der Waals surface area contributed by atoms with Gasteiger partial charge in [-0.1, -0.05) is 156 Å². The third kappa shape index (κ3) is 31.6. The summed E-state index contributed by atoms with van der Waals surface area (Å²) in [7, 11) is 0. The molecule has 0 aromatic rings. The van der Waals surface area contributed by atoms with Crippen LogP contribution in [0.15, 0.2) is 0 Å². The van der Waals surface area contributed by atoms with E-state index in [1.165, 1.54) is 83.5 Å². The molecule has 0 saturated carbocycles. The van der Waals surface area contributed by atoms with E-state index in [1.807, 2.05) is 0 Å². The first-order valence-electron chi connectivity index (χ1n) is 18.4. The van der Waals surface area contributed by atoms with Gasteiger partial charge in [-0.2, -0.15) is 0 Å². The van der Waals surface area contributed by atoms with Gasteiger partial charge in [0.05, 0.1) is 0 Å². The minimum atomic E-state index is -0.756. The van der Waals surface area contributed by atoms with Crippen LogP contribution in [0.1, 0.15) is 195 Å². The van der Waals surface area contributed by atoms with E-state index in [0.29, 0.717) is 19.3 Å². The zero-order valence-electron chi connectivity index (χ0n) is 28.9. The van der Waals surface area contributed by atoms with Crippen LogP contribution in [0.4, 0.5) is 0 Å². The highest BCUT2D eigenvalue weighted by Crippen LogP contribution is 2.14. The fourth-order valence-electron chi connectivity index (χ4n) is 5.21. The molecule has 0 rings (SSSR count). The van der Waals surface area contributed by atoms with Crippen LogP contribution >= 0.6 is 0 Å². The van der Waals surface area contributed by atoms with E-state index in [1.54, 1.807) is 0 Å². The van der Waals surface area contributed by atoms with Gasteiger partial charge < -0.3 is 14.2 Å². The van der Waals surface area contributed by atoms with Crippen LogP contribution < -0.4 is 0 Å². The van der Waals surface area contributed by atoms with Crippen molar-refractivity contribution in [2.75, 3.05) is 13.2 Å². The summed E-state index contributed by atoms with van der Waals surface area (Å²) < 4.78 is 16.4. The lowest BCUT2D eigenvalue weighted by Crippen LogP contribution is -2.30. The van der Waals surface area contributed by atoms with Crippen molar-refractivity contribution in [2.45, 2.75) is 201 Å². The number of esters is 3. The average Bonchev–Trinajstić information content (AvgIpc) is 2.98. The van der Waals surface area contributed by atoms with Crippen LogP contribution in [0.5, 0.6) is 0 Å². The number of ether oxygens (including phenoxy) is 3. The molecule has 254 valence electrons. The van der Waals surface area contributed by atoms with Gasteiger partial charge in [0.1, 0.15) is 13.2 Å². The van der Waals surface area contributed by atoms with Gasteiger partial charge in [0, 0.05) is 19.3 Å². The first-order chi connectivity index (χ1) is 20.9. The first-order valence-corrected chi connectivity index (χ1v) is 18.4. The van der Waals surface area contributed by atoms with E-state index in [2.05, 4.69) is 27.7 Å². The van der Waals surface area contributed by atoms with Crippen LogP contribution in [0.25, 0.3) is 0 Å². The van der Waals surface area contributed by atoms with Crippen molar-refractivity contribution >= 4 is 17.9 Å². The summed E-state index contributed by atoms with van der Waals surface area (Å²) in [5.74, 6) is -0.127. The molecule has 0 heterocycles. The van der Waals surface area contributed by atoms with Gasteiger partial charge in [0.15, 0.2) is 6.10 Å². The molecular formula is C37H70O6. The minimum Gasteiger partial charge on any atom is -0.462 e. The number of hydrogen-bond donors (Lipinski definition) is 0. The zero-order chi connectivity index (χ0) is 31.8. The molecule has 0 fully saturated rings. The van der Waals surface area contributed by atoms with Crippen molar-refractivity contribution in [1.29, 1.82) is 0 Å². The number of rotatable bonds is 32. The maximum atomic E-state index is 12.5. The summed E-state index contributed by atoms with van der Waals surface area (Å²) in [6, 6.07) is 0. The molecule has 6 heteroatoms. The van der Waals surface area contributed by atoms with Gasteiger partial charge in [-0.05, 0) is 25.2 Å². The molecule has 0 saturated heterocycles. The number of carbonyl (C=O) groups excluding carboxylic acids is 3. The highest BCUT2D eigenvalue weighted by atomic mass is 16.6. The molecule has 0 radical (unpaired) electrons. The van der Waals surface area contributed by atoms with E-state index in [0.717, 1.165) is 70.1 Å². The molecule has 0 aliphatic rings. The Kier molecular flexibility index (Phi) is 30.6. The Hall–Kier alpha value is -1.59. The third-order valence-corrected chi connectivity index (χ3v) is 8.04. The third-order valence-electron chi connectivity index (χ3n) is 8.04. The molecular weight excluding hydrogens is 540 g/mol. The van der Waals surface area contributed by atoms with Gasteiger partial charge in [0.2, 0.25) is 0 Å². The Balaban J connectivity index is 4.29. The monoisotopic (exact) mass is 611 g/mol. The lowest BCUT2D eigenvalue weighted by molar-refractivity contribution is -0.167. The second-order valence-electron chi connectivity index (χ2n) is 13.0. The van der Waals surface area contributed by atoms with E-state index in [9.17, 15) is 14.4 Å². The van der Waals surface area contributed by atoms with E-state index < -0.39 is 6.10 Å². The summed E-state index contributed by atoms with van der Waals surface area (Å²) in [5.41, 5.74) is 0. The topological polar surface area (TPSA) is 78.9 Å².